The van der Waals surface area contributed by atoms with Gasteiger partial charge in [0.2, 0.25) is 0 Å². The third-order valence-corrected chi connectivity index (χ3v) is 11.3. The van der Waals surface area contributed by atoms with Crippen LogP contribution in [-0.4, -0.2) is 83.2 Å². The van der Waals surface area contributed by atoms with E-state index in [9.17, 15) is 22.8 Å². The van der Waals surface area contributed by atoms with Gasteiger partial charge < -0.3 is 29.6 Å². The summed E-state index contributed by atoms with van der Waals surface area (Å²) in [5.74, 6) is 0.694. The van der Waals surface area contributed by atoms with Crippen molar-refractivity contribution in [3.8, 4) is 33.1 Å². The quantitative estimate of drug-likeness (QED) is 0.0424. The van der Waals surface area contributed by atoms with E-state index in [2.05, 4.69) is 64.5 Å². The third kappa shape index (κ3) is 13.6. The van der Waals surface area contributed by atoms with E-state index >= 15 is 0 Å². The maximum atomic E-state index is 12.2. The van der Waals surface area contributed by atoms with E-state index in [1.165, 1.54) is 16.7 Å². The summed E-state index contributed by atoms with van der Waals surface area (Å²) >= 11 is 1.61. The number of amides is 3. The first-order valence-corrected chi connectivity index (χ1v) is 22.3. The smallest absolute Gasteiger partial charge is 0.485 e. The van der Waals surface area contributed by atoms with Gasteiger partial charge in [-0.2, -0.15) is 13.2 Å². The molecular weight excluding hydrogens is 860 g/mol. The first kappa shape index (κ1) is 46.2. The summed E-state index contributed by atoms with van der Waals surface area (Å²) in [7, 11) is -4.15. The molecule has 2 aromatic heterocycles. The minimum Gasteiger partial charge on any atom is -0.741 e. The van der Waals surface area contributed by atoms with Crippen LogP contribution in [0.3, 0.4) is 0 Å². The summed E-state index contributed by atoms with van der Waals surface area (Å²) in [5, 5.41) is 13.5. The molecule has 14 nitrogen and oxygen atoms in total. The number of rotatable bonds is 17. The summed E-state index contributed by atoms with van der Waals surface area (Å²) in [4.78, 5) is 31.0. The zero-order valence-electron chi connectivity index (χ0n) is 34.3. The highest BCUT2D eigenvalue weighted by Crippen LogP contribution is 2.34. The van der Waals surface area contributed by atoms with E-state index in [-0.39, 0.29) is 12.6 Å². The first-order valence-electron chi connectivity index (χ1n) is 20.0. The molecule has 4 aromatic carbocycles. The van der Waals surface area contributed by atoms with Crippen molar-refractivity contribution in [2.75, 3.05) is 32.8 Å². The lowest BCUT2D eigenvalue weighted by Crippen LogP contribution is -2.33. The van der Waals surface area contributed by atoms with Gasteiger partial charge in [0, 0.05) is 37.5 Å². The number of alkyl carbamates (subject to hydrolysis) is 1. The van der Waals surface area contributed by atoms with Crippen LogP contribution in [0.4, 0.5) is 22.8 Å². The summed E-state index contributed by atoms with van der Waals surface area (Å²) in [6.45, 7) is 2.94. The average molecular weight is 906 g/mol. The molecule has 3 amide bonds. The van der Waals surface area contributed by atoms with E-state index in [0.717, 1.165) is 65.3 Å². The molecule has 0 radical (unpaired) electrons. The number of nitrogens with one attached hydrogen (secondary N) is 2. The molecule has 0 saturated carbocycles. The molecule has 63 heavy (non-hydrogen) atoms. The molecule has 332 valence electrons. The average Bonchev–Trinajstić information content (AvgIpc) is 4.02. The van der Waals surface area contributed by atoms with Gasteiger partial charge in [0.1, 0.15) is 31.0 Å². The number of carbonyl (C=O) groups is 2. The lowest BCUT2D eigenvalue weighted by atomic mass is 10.0. The van der Waals surface area contributed by atoms with E-state index in [1.807, 2.05) is 77.2 Å². The van der Waals surface area contributed by atoms with E-state index in [1.54, 1.807) is 16.2 Å². The number of halogens is 3. The highest BCUT2D eigenvalue weighted by Gasteiger charge is 2.37. The Hall–Kier alpha value is -6.31. The lowest BCUT2D eigenvalue weighted by molar-refractivity contribution is -0.661. The predicted octanol–water partition coefficient (Wildman–Crippen LogP) is 6.98. The SMILES string of the molecule is Cn1n[n+](-c2ccc(-c3nc(CCc4ccc(-c5ccccc5)cc4)cs3)c(OCCN3CCNC3=O)c2)cc1CCCCNC(=O)OCc1ccccc1.O=S(=O)([O-])C(F)(F)F. The van der Waals surface area contributed by atoms with Crippen LogP contribution in [0.2, 0.25) is 0 Å². The van der Waals surface area contributed by atoms with Gasteiger partial charge in [0.25, 0.3) is 0 Å². The Labute approximate surface area is 367 Å². The molecule has 1 aliphatic rings. The van der Waals surface area contributed by atoms with Crippen LogP contribution >= 0.6 is 11.3 Å². The Kier molecular flexibility index (Phi) is 15.9. The van der Waals surface area contributed by atoms with Crippen LogP contribution in [0.5, 0.6) is 5.75 Å². The van der Waals surface area contributed by atoms with Gasteiger partial charge in [-0.05, 0) is 60.1 Å². The summed E-state index contributed by atoms with van der Waals surface area (Å²) in [6, 6.07) is 34.8. The zero-order valence-corrected chi connectivity index (χ0v) is 35.9. The van der Waals surface area contributed by atoms with E-state index in [4.69, 9.17) is 32.6 Å². The number of carbonyl (C=O) groups excluding carboxylic acids is 2. The second-order valence-corrected chi connectivity index (χ2v) is 16.6. The predicted molar refractivity (Wildman–Crippen MR) is 229 cm³/mol. The van der Waals surface area contributed by atoms with Gasteiger partial charge in [-0.1, -0.05) is 84.9 Å². The van der Waals surface area contributed by atoms with Crippen molar-refractivity contribution >= 4 is 33.6 Å². The van der Waals surface area contributed by atoms with Gasteiger partial charge in [0.05, 0.1) is 23.0 Å². The van der Waals surface area contributed by atoms with Crippen LogP contribution in [-0.2, 0) is 47.8 Å². The standard InChI is InChI=1S/C43H45N7O4S.CHF3O3S/c1-48-38(14-8-9-23-45-43(52)54-30-33-10-4-2-5-11-33)29-50(47-48)37-21-22-39(40(28-37)53-27-26-49-25-24-44-42(49)51)41-46-36(31-55-41)20-17-32-15-18-35(19-16-32)34-12-6-3-7-13-34;2-1(3,4)8(5,6)7/h2-7,10-13,15-16,18-19,21-22,28-29,31H,8-9,14,17,20,23-27,30H2,1H3,(H-,44,45,51,52);(H,5,6,7). The summed E-state index contributed by atoms with van der Waals surface area (Å²) in [6.07, 6.45) is 5.84. The van der Waals surface area contributed by atoms with Crippen molar-refractivity contribution in [2.24, 2.45) is 7.05 Å². The molecule has 0 aliphatic carbocycles. The number of alkyl halides is 3. The summed E-state index contributed by atoms with van der Waals surface area (Å²) < 4.78 is 74.3. The number of aromatic nitrogens is 4. The molecule has 7 rings (SSSR count). The van der Waals surface area contributed by atoms with Crippen molar-refractivity contribution in [3.05, 3.63) is 137 Å². The Balaban J connectivity index is 0.000000753. The minimum absolute atomic E-state index is 0.0628. The third-order valence-electron chi connectivity index (χ3n) is 9.85. The second kappa shape index (κ2) is 21.7. The van der Waals surface area contributed by atoms with Crippen molar-refractivity contribution in [2.45, 2.75) is 44.2 Å². The molecule has 2 N–H and O–H groups in total. The number of urea groups is 1. The Morgan fingerprint density at radius 2 is 1.63 bits per heavy atom. The highest BCUT2D eigenvalue weighted by molar-refractivity contribution is 7.86. The topological polar surface area (TPSA) is 172 Å². The molecule has 19 heteroatoms. The number of ether oxygens (including phenoxy) is 2. The number of hydrogen-bond acceptors (Lipinski definition) is 10. The second-order valence-electron chi connectivity index (χ2n) is 14.4. The maximum Gasteiger partial charge on any atom is 0.485 e. The number of nitrogens with zero attached hydrogens (tertiary/aromatic N) is 5. The van der Waals surface area contributed by atoms with Crippen LogP contribution in [0.15, 0.2) is 115 Å². The van der Waals surface area contributed by atoms with E-state index in [0.29, 0.717) is 38.5 Å². The van der Waals surface area contributed by atoms with Gasteiger partial charge in [-0.15, -0.1) is 20.7 Å². The minimum atomic E-state index is -6.09. The molecule has 1 aliphatic heterocycles. The fraction of sp³-hybridized carbons (Fsp3) is 0.295. The fourth-order valence-electron chi connectivity index (χ4n) is 6.45. The van der Waals surface area contributed by atoms with Crippen LogP contribution in [0.25, 0.3) is 27.4 Å². The maximum absolute atomic E-state index is 12.2. The highest BCUT2D eigenvalue weighted by atomic mass is 32.2. The van der Waals surface area contributed by atoms with Crippen LogP contribution in [0, 0.1) is 0 Å². The molecule has 0 spiro atoms. The van der Waals surface area contributed by atoms with Crippen molar-refractivity contribution in [3.63, 3.8) is 0 Å². The van der Waals surface area contributed by atoms with Gasteiger partial charge >= 0.3 is 17.6 Å². The fourth-order valence-corrected chi connectivity index (χ4v) is 7.34. The number of unbranched alkanes of at least 4 members (excludes halogenated alkanes) is 1. The zero-order chi connectivity index (χ0) is 44.8. The van der Waals surface area contributed by atoms with Crippen LogP contribution in [0.1, 0.15) is 35.4 Å². The number of hydrogen-bond donors (Lipinski definition) is 2. The van der Waals surface area contributed by atoms with Gasteiger partial charge in [-0.3, -0.25) is 0 Å². The number of benzene rings is 4. The Bertz CT molecular complexity index is 2540. The normalized spacial score (nSPS) is 12.7. The monoisotopic (exact) mass is 905 g/mol. The Morgan fingerprint density at radius 3 is 2.32 bits per heavy atom. The Morgan fingerprint density at radius 1 is 0.937 bits per heavy atom. The molecular formula is C44H46F3N7O7S2. The molecule has 0 atom stereocenters. The van der Waals surface area contributed by atoms with Gasteiger partial charge in [-0.25, -0.2) is 23.0 Å². The summed E-state index contributed by atoms with van der Waals surface area (Å²) in [5.41, 5.74) is 2.89. The van der Waals surface area contributed by atoms with Crippen LogP contribution < -0.4 is 20.1 Å². The van der Waals surface area contributed by atoms with E-state index < -0.39 is 21.7 Å². The van der Waals surface area contributed by atoms with Crippen molar-refractivity contribution < 1.29 is 49.9 Å². The lowest BCUT2D eigenvalue weighted by Gasteiger charge is -2.16. The number of thiazole rings is 1. The number of aryl methyl sites for hydroxylation is 4. The molecule has 0 unspecified atom stereocenters. The molecule has 3 heterocycles. The molecule has 1 fully saturated rings. The molecule has 1 saturated heterocycles. The largest absolute Gasteiger partial charge is 0.741 e. The molecule has 6 aromatic rings. The van der Waals surface area contributed by atoms with Gasteiger partial charge in [0.15, 0.2) is 27.7 Å². The van der Waals surface area contributed by atoms with Crippen molar-refractivity contribution in [1.82, 2.24) is 30.4 Å². The molecule has 0 bridgehead atoms. The van der Waals surface area contributed by atoms with Crippen molar-refractivity contribution in [1.29, 1.82) is 0 Å². The first-order chi connectivity index (χ1) is 30.2.